The summed E-state index contributed by atoms with van der Waals surface area (Å²) in [4.78, 5) is 28.5. The number of rotatable bonds is 2. The van der Waals surface area contributed by atoms with E-state index in [1.165, 1.54) is 29.0 Å². The van der Waals surface area contributed by atoms with Crippen molar-refractivity contribution in [2.45, 2.75) is 0 Å². The van der Waals surface area contributed by atoms with Crippen molar-refractivity contribution in [3.63, 3.8) is 0 Å². The molecule has 2 aromatic carbocycles. The highest BCUT2D eigenvalue weighted by Gasteiger charge is 2.18. The fourth-order valence-electron chi connectivity index (χ4n) is 3.04. The first-order chi connectivity index (χ1) is 12.5. The summed E-state index contributed by atoms with van der Waals surface area (Å²) in [6.07, 6.45) is 1.51. The van der Waals surface area contributed by atoms with Crippen molar-refractivity contribution in [2.24, 2.45) is 0 Å². The number of aromatic hydroxyl groups is 1. The van der Waals surface area contributed by atoms with Crippen molar-refractivity contribution in [3.8, 4) is 11.4 Å². The molecule has 6 nitrogen and oxygen atoms in total. The van der Waals surface area contributed by atoms with Crippen molar-refractivity contribution in [1.29, 1.82) is 0 Å². The lowest BCUT2D eigenvalue weighted by atomic mass is 10.1. The van der Waals surface area contributed by atoms with Gasteiger partial charge in [-0.15, -0.1) is 0 Å². The van der Waals surface area contributed by atoms with E-state index in [0.717, 1.165) is 0 Å². The molecule has 0 spiro atoms. The first-order valence-electron chi connectivity index (χ1n) is 7.63. The van der Waals surface area contributed by atoms with Crippen LogP contribution in [0.5, 0.6) is 5.75 Å². The fourth-order valence-corrected chi connectivity index (χ4v) is 3.26. The Labute approximate surface area is 151 Å². The van der Waals surface area contributed by atoms with Crippen molar-refractivity contribution in [2.75, 3.05) is 0 Å². The van der Waals surface area contributed by atoms with Crippen molar-refractivity contribution >= 4 is 39.2 Å². The number of phenolic OH excluding ortho intramolecular Hbond substituents is 1. The smallest absolute Gasteiger partial charge is 0.341 e. The number of benzene rings is 2. The van der Waals surface area contributed by atoms with Crippen LogP contribution in [0, 0.1) is 0 Å². The van der Waals surface area contributed by atoms with E-state index in [1.54, 1.807) is 30.3 Å². The van der Waals surface area contributed by atoms with Gasteiger partial charge < -0.3 is 10.2 Å². The molecule has 0 fully saturated rings. The molecule has 0 atom stereocenters. The third-order valence-electron chi connectivity index (χ3n) is 4.19. The second-order valence-corrected chi connectivity index (χ2v) is 6.08. The van der Waals surface area contributed by atoms with Gasteiger partial charge in [-0.25, -0.2) is 9.78 Å². The molecule has 0 aliphatic carbocycles. The molecule has 2 aromatic heterocycles. The SMILES string of the molecule is O=C(O)c1cc2ccc(O)cc2n(-c2cccc3c(Cl)nccc23)c1=O. The fraction of sp³-hybridized carbons (Fsp3) is 0. The lowest BCUT2D eigenvalue weighted by molar-refractivity contribution is 0.0695. The highest BCUT2D eigenvalue weighted by atomic mass is 35.5. The summed E-state index contributed by atoms with van der Waals surface area (Å²) in [5, 5.41) is 21.3. The van der Waals surface area contributed by atoms with E-state index in [0.29, 0.717) is 27.4 Å². The summed E-state index contributed by atoms with van der Waals surface area (Å²) in [5.41, 5.74) is -0.215. The molecule has 0 bridgehead atoms. The Kier molecular flexibility index (Phi) is 3.63. The first kappa shape index (κ1) is 16.1. The molecule has 0 saturated heterocycles. The molecule has 7 heteroatoms. The number of phenols is 1. The van der Waals surface area contributed by atoms with Crippen LogP contribution in [-0.4, -0.2) is 25.7 Å². The van der Waals surface area contributed by atoms with Crippen LogP contribution in [0.3, 0.4) is 0 Å². The molecule has 2 heterocycles. The number of carboxylic acid groups (broad SMARTS) is 1. The van der Waals surface area contributed by atoms with Gasteiger partial charge in [0.05, 0.1) is 11.2 Å². The average molecular weight is 367 g/mol. The minimum Gasteiger partial charge on any atom is -0.508 e. The summed E-state index contributed by atoms with van der Waals surface area (Å²) in [6, 6.07) is 12.6. The molecule has 0 unspecified atom stereocenters. The number of pyridine rings is 2. The van der Waals surface area contributed by atoms with Crippen LogP contribution in [-0.2, 0) is 0 Å². The number of nitrogens with zero attached hydrogens (tertiary/aromatic N) is 2. The lowest BCUT2D eigenvalue weighted by Crippen LogP contribution is -2.25. The first-order valence-corrected chi connectivity index (χ1v) is 8.01. The maximum Gasteiger partial charge on any atom is 0.341 e. The van der Waals surface area contributed by atoms with Crippen LogP contribution in [0.2, 0.25) is 5.15 Å². The molecule has 128 valence electrons. The Bertz CT molecular complexity index is 1260. The number of fused-ring (bicyclic) bond motifs is 2. The maximum absolute atomic E-state index is 12.9. The zero-order valence-electron chi connectivity index (χ0n) is 13.2. The Morgan fingerprint density at radius 2 is 1.88 bits per heavy atom. The van der Waals surface area contributed by atoms with Gasteiger partial charge in [-0.05, 0) is 35.7 Å². The van der Waals surface area contributed by atoms with Crippen molar-refractivity contribution < 1.29 is 15.0 Å². The minimum atomic E-state index is -1.32. The number of carboxylic acids is 1. The number of halogens is 1. The monoisotopic (exact) mass is 366 g/mol. The summed E-state index contributed by atoms with van der Waals surface area (Å²) in [7, 11) is 0. The van der Waals surface area contributed by atoms with Gasteiger partial charge in [0.1, 0.15) is 16.5 Å². The zero-order chi connectivity index (χ0) is 18.4. The molecule has 0 amide bonds. The molecule has 26 heavy (non-hydrogen) atoms. The predicted molar refractivity (Wildman–Crippen MR) is 98.5 cm³/mol. The normalized spacial score (nSPS) is 11.1. The molecule has 0 saturated carbocycles. The lowest BCUT2D eigenvalue weighted by Gasteiger charge is -2.14. The number of aromatic carboxylic acids is 1. The zero-order valence-corrected chi connectivity index (χ0v) is 13.9. The van der Waals surface area contributed by atoms with Gasteiger partial charge in [0.25, 0.3) is 5.56 Å². The van der Waals surface area contributed by atoms with Gasteiger partial charge in [0, 0.05) is 23.0 Å². The van der Waals surface area contributed by atoms with E-state index in [4.69, 9.17) is 11.6 Å². The Morgan fingerprint density at radius 3 is 2.65 bits per heavy atom. The molecule has 0 aliphatic heterocycles. The Morgan fingerprint density at radius 1 is 1.08 bits per heavy atom. The van der Waals surface area contributed by atoms with Gasteiger partial charge in [-0.2, -0.15) is 0 Å². The van der Waals surface area contributed by atoms with Gasteiger partial charge in [0.15, 0.2) is 0 Å². The average Bonchev–Trinajstić information content (AvgIpc) is 2.61. The van der Waals surface area contributed by atoms with Crippen LogP contribution in [0.25, 0.3) is 27.4 Å². The van der Waals surface area contributed by atoms with E-state index in [2.05, 4.69) is 4.98 Å². The largest absolute Gasteiger partial charge is 0.508 e. The second-order valence-electron chi connectivity index (χ2n) is 5.72. The van der Waals surface area contributed by atoms with Crippen molar-refractivity contribution in [3.05, 3.63) is 75.8 Å². The van der Waals surface area contributed by atoms with Gasteiger partial charge in [-0.1, -0.05) is 23.7 Å². The Hall–Kier alpha value is -3.38. The number of hydrogen-bond acceptors (Lipinski definition) is 4. The summed E-state index contributed by atoms with van der Waals surface area (Å²) in [5.74, 6) is -1.35. The van der Waals surface area contributed by atoms with E-state index in [9.17, 15) is 19.8 Å². The van der Waals surface area contributed by atoms with Gasteiger partial charge in [-0.3, -0.25) is 9.36 Å². The Balaban J connectivity index is 2.23. The molecule has 4 aromatic rings. The number of aromatic nitrogens is 2. The third-order valence-corrected chi connectivity index (χ3v) is 4.50. The van der Waals surface area contributed by atoms with Gasteiger partial charge >= 0.3 is 5.97 Å². The quantitative estimate of drug-likeness (QED) is 0.529. The second kappa shape index (κ2) is 5.86. The molecular formula is C19H11ClN2O4. The molecule has 2 N–H and O–H groups in total. The van der Waals surface area contributed by atoms with Crippen LogP contribution in [0.15, 0.2) is 59.5 Å². The van der Waals surface area contributed by atoms with Crippen LogP contribution < -0.4 is 5.56 Å². The molecular weight excluding hydrogens is 356 g/mol. The van der Waals surface area contributed by atoms with E-state index in [-0.39, 0.29) is 16.5 Å². The highest BCUT2D eigenvalue weighted by molar-refractivity contribution is 6.34. The van der Waals surface area contributed by atoms with Crippen LogP contribution >= 0.6 is 11.6 Å². The predicted octanol–water partition coefficient (Wildman–Crippen LogP) is 3.60. The van der Waals surface area contributed by atoms with E-state index >= 15 is 0 Å². The minimum absolute atomic E-state index is 0.0336. The summed E-state index contributed by atoms with van der Waals surface area (Å²) >= 11 is 6.15. The summed E-state index contributed by atoms with van der Waals surface area (Å²) < 4.78 is 1.27. The highest BCUT2D eigenvalue weighted by Crippen LogP contribution is 2.29. The standard InChI is InChI=1S/C19H11ClN2O4/c20-17-13-2-1-3-15(12(13)6-7-21-17)22-16-9-11(23)5-4-10(16)8-14(18(22)24)19(25)26/h1-9,23H,(H,25,26). The van der Waals surface area contributed by atoms with Crippen LogP contribution in [0.4, 0.5) is 0 Å². The maximum atomic E-state index is 12.9. The molecule has 0 radical (unpaired) electrons. The van der Waals surface area contributed by atoms with Crippen LogP contribution in [0.1, 0.15) is 10.4 Å². The number of hydrogen-bond donors (Lipinski definition) is 2. The number of carbonyl (C=O) groups is 1. The summed E-state index contributed by atoms with van der Waals surface area (Å²) in [6.45, 7) is 0. The van der Waals surface area contributed by atoms with E-state index < -0.39 is 11.5 Å². The molecule has 0 aliphatic rings. The molecule has 4 rings (SSSR count). The third kappa shape index (κ3) is 2.39. The van der Waals surface area contributed by atoms with E-state index in [1.807, 2.05) is 0 Å². The van der Waals surface area contributed by atoms with Crippen molar-refractivity contribution in [1.82, 2.24) is 9.55 Å². The van der Waals surface area contributed by atoms with Gasteiger partial charge in [0.2, 0.25) is 0 Å². The topological polar surface area (TPSA) is 92.4 Å².